The zero-order valence-electron chi connectivity index (χ0n) is 9.24. The Labute approximate surface area is 106 Å². The zero-order chi connectivity index (χ0) is 13.6. The number of alkyl halides is 3. The van der Waals surface area contributed by atoms with Crippen molar-refractivity contribution in [2.75, 3.05) is 5.75 Å². The number of halogens is 3. The van der Waals surface area contributed by atoms with E-state index in [4.69, 9.17) is 5.11 Å². The van der Waals surface area contributed by atoms with Crippen LogP contribution < -0.4 is 4.74 Å². The van der Waals surface area contributed by atoms with E-state index < -0.39 is 12.3 Å². The van der Waals surface area contributed by atoms with Crippen molar-refractivity contribution in [2.45, 2.75) is 18.5 Å². The smallest absolute Gasteiger partial charge is 0.481 e. The minimum Gasteiger partial charge on any atom is -0.481 e. The summed E-state index contributed by atoms with van der Waals surface area (Å²) in [5, 5.41) is 8.42. The first-order chi connectivity index (χ1) is 8.37. The van der Waals surface area contributed by atoms with E-state index in [1.165, 1.54) is 36.0 Å². The highest BCUT2D eigenvalue weighted by Crippen LogP contribution is 2.23. The lowest BCUT2D eigenvalue weighted by Gasteiger charge is -2.09. The van der Waals surface area contributed by atoms with Gasteiger partial charge in [0.1, 0.15) is 5.75 Å². The molecule has 0 unspecified atom stereocenters. The van der Waals surface area contributed by atoms with Gasteiger partial charge >= 0.3 is 12.3 Å². The number of carboxylic acid groups (broad SMARTS) is 1. The van der Waals surface area contributed by atoms with E-state index in [1.54, 1.807) is 0 Å². The molecule has 3 nitrogen and oxygen atoms in total. The quantitative estimate of drug-likeness (QED) is 0.812. The number of benzene rings is 1. The monoisotopic (exact) mass is 280 g/mol. The first-order valence-electron chi connectivity index (χ1n) is 5.01. The van der Waals surface area contributed by atoms with Gasteiger partial charge < -0.3 is 9.84 Å². The van der Waals surface area contributed by atoms with Gasteiger partial charge in [0.25, 0.3) is 0 Å². The van der Waals surface area contributed by atoms with Crippen LogP contribution in [0.4, 0.5) is 13.2 Å². The second-order valence-electron chi connectivity index (χ2n) is 3.39. The molecule has 0 bridgehead atoms. The van der Waals surface area contributed by atoms with Gasteiger partial charge in [-0.1, -0.05) is 12.1 Å². The van der Waals surface area contributed by atoms with E-state index in [0.717, 1.165) is 5.56 Å². The van der Waals surface area contributed by atoms with Gasteiger partial charge in [-0.2, -0.15) is 11.8 Å². The number of carbonyl (C=O) groups is 1. The van der Waals surface area contributed by atoms with Gasteiger partial charge in [0.2, 0.25) is 0 Å². The second-order valence-corrected chi connectivity index (χ2v) is 4.49. The van der Waals surface area contributed by atoms with Gasteiger partial charge in [0, 0.05) is 11.5 Å². The van der Waals surface area contributed by atoms with E-state index in [2.05, 4.69) is 4.74 Å². The van der Waals surface area contributed by atoms with Crippen molar-refractivity contribution >= 4 is 17.7 Å². The standard InChI is InChI=1S/C11H11F3O3S/c12-11(13,14)17-9-3-1-8(2-4-9)7-18-6-5-10(15)16/h1-4H,5-7H2,(H,15,16). The Balaban J connectivity index is 2.38. The number of hydrogen-bond donors (Lipinski definition) is 1. The van der Waals surface area contributed by atoms with E-state index >= 15 is 0 Å². The molecule has 1 N–H and O–H groups in total. The van der Waals surface area contributed by atoms with Crippen LogP contribution in [0.25, 0.3) is 0 Å². The highest BCUT2D eigenvalue weighted by molar-refractivity contribution is 7.98. The molecule has 7 heteroatoms. The first kappa shape index (κ1) is 14.7. The predicted octanol–water partition coefficient (Wildman–Crippen LogP) is 3.29. The highest BCUT2D eigenvalue weighted by atomic mass is 32.2. The SMILES string of the molecule is O=C(O)CCSCc1ccc(OC(F)(F)F)cc1. The number of carboxylic acids is 1. The molecule has 0 saturated carbocycles. The van der Waals surface area contributed by atoms with Gasteiger partial charge in [-0.05, 0) is 17.7 Å². The van der Waals surface area contributed by atoms with Crippen LogP contribution in [0.15, 0.2) is 24.3 Å². The zero-order valence-corrected chi connectivity index (χ0v) is 10.1. The van der Waals surface area contributed by atoms with Crippen LogP contribution >= 0.6 is 11.8 Å². The van der Waals surface area contributed by atoms with Crippen molar-refractivity contribution in [3.63, 3.8) is 0 Å². The Hall–Kier alpha value is -1.37. The van der Waals surface area contributed by atoms with Crippen LogP contribution in [0.2, 0.25) is 0 Å². The second kappa shape index (κ2) is 6.53. The van der Waals surface area contributed by atoms with Gasteiger partial charge in [-0.15, -0.1) is 13.2 Å². The molecule has 100 valence electrons. The van der Waals surface area contributed by atoms with Gasteiger partial charge in [0.15, 0.2) is 0 Å². The molecule has 0 heterocycles. The summed E-state index contributed by atoms with van der Waals surface area (Å²) >= 11 is 1.41. The maximum absolute atomic E-state index is 11.9. The molecular weight excluding hydrogens is 269 g/mol. The van der Waals surface area contributed by atoms with Crippen molar-refractivity contribution < 1.29 is 27.8 Å². The van der Waals surface area contributed by atoms with Crippen molar-refractivity contribution in [1.29, 1.82) is 0 Å². The molecular formula is C11H11F3O3S. The van der Waals surface area contributed by atoms with E-state index in [9.17, 15) is 18.0 Å². The average Bonchev–Trinajstić information content (AvgIpc) is 2.24. The lowest BCUT2D eigenvalue weighted by molar-refractivity contribution is -0.274. The first-order valence-corrected chi connectivity index (χ1v) is 6.16. The Morgan fingerprint density at radius 2 is 1.89 bits per heavy atom. The summed E-state index contributed by atoms with van der Waals surface area (Å²) in [5.74, 6) is -0.103. The number of hydrogen-bond acceptors (Lipinski definition) is 3. The van der Waals surface area contributed by atoms with Crippen LogP contribution in [0.3, 0.4) is 0 Å². The number of ether oxygens (including phenoxy) is 1. The molecule has 0 aliphatic rings. The van der Waals surface area contributed by atoms with Crippen molar-refractivity contribution in [2.24, 2.45) is 0 Å². The molecule has 0 radical (unpaired) electrons. The van der Waals surface area contributed by atoms with Crippen molar-refractivity contribution in [1.82, 2.24) is 0 Å². The van der Waals surface area contributed by atoms with E-state index in [-0.39, 0.29) is 12.2 Å². The van der Waals surface area contributed by atoms with Gasteiger partial charge in [0.05, 0.1) is 6.42 Å². The fourth-order valence-electron chi connectivity index (χ4n) is 1.14. The Morgan fingerprint density at radius 3 is 2.39 bits per heavy atom. The summed E-state index contributed by atoms with van der Waals surface area (Å²) in [7, 11) is 0. The molecule has 0 fully saturated rings. The molecule has 0 spiro atoms. The van der Waals surface area contributed by atoms with Gasteiger partial charge in [-0.3, -0.25) is 4.79 Å². The number of aliphatic carboxylic acids is 1. The molecule has 18 heavy (non-hydrogen) atoms. The van der Waals surface area contributed by atoms with Crippen molar-refractivity contribution in [3.8, 4) is 5.75 Å². The van der Waals surface area contributed by atoms with Crippen LogP contribution in [0, 0.1) is 0 Å². The lowest BCUT2D eigenvalue weighted by atomic mass is 10.2. The van der Waals surface area contributed by atoms with Gasteiger partial charge in [-0.25, -0.2) is 0 Å². The molecule has 1 rings (SSSR count). The minimum atomic E-state index is -4.68. The third kappa shape index (κ3) is 6.39. The largest absolute Gasteiger partial charge is 0.573 e. The summed E-state index contributed by atoms with van der Waals surface area (Å²) in [6.07, 6.45) is -4.61. The summed E-state index contributed by atoms with van der Waals surface area (Å²) in [6.45, 7) is 0. The normalized spacial score (nSPS) is 11.3. The Morgan fingerprint density at radius 1 is 1.28 bits per heavy atom. The van der Waals surface area contributed by atoms with E-state index in [0.29, 0.717) is 11.5 Å². The fourth-order valence-corrected chi connectivity index (χ4v) is 2.03. The lowest BCUT2D eigenvalue weighted by Crippen LogP contribution is -2.16. The van der Waals surface area contributed by atoms with Crippen LogP contribution in [-0.2, 0) is 10.5 Å². The molecule has 1 aromatic carbocycles. The average molecular weight is 280 g/mol. The summed E-state index contributed by atoms with van der Waals surface area (Å²) < 4.78 is 39.4. The molecule has 0 saturated heterocycles. The minimum absolute atomic E-state index is 0.0694. The molecule has 0 amide bonds. The maximum atomic E-state index is 11.9. The Bertz CT molecular complexity index is 390. The Kier molecular flexibility index (Phi) is 5.33. The molecule has 0 aliphatic carbocycles. The summed E-state index contributed by atoms with van der Waals surface area (Å²) in [4.78, 5) is 10.3. The van der Waals surface area contributed by atoms with Crippen LogP contribution in [0.5, 0.6) is 5.75 Å². The number of thioether (sulfide) groups is 1. The van der Waals surface area contributed by atoms with Crippen LogP contribution in [-0.4, -0.2) is 23.2 Å². The highest BCUT2D eigenvalue weighted by Gasteiger charge is 2.30. The molecule has 1 aromatic rings. The summed E-state index contributed by atoms with van der Waals surface area (Å²) in [5.41, 5.74) is 0.819. The fraction of sp³-hybridized carbons (Fsp3) is 0.364. The topological polar surface area (TPSA) is 46.5 Å². The maximum Gasteiger partial charge on any atom is 0.573 e. The molecule has 0 aromatic heterocycles. The predicted molar refractivity (Wildman–Crippen MR) is 61.5 cm³/mol. The third-order valence-corrected chi connectivity index (χ3v) is 2.92. The van der Waals surface area contributed by atoms with E-state index in [1.807, 2.05) is 0 Å². The third-order valence-electron chi connectivity index (χ3n) is 1.89. The van der Waals surface area contributed by atoms with Crippen molar-refractivity contribution in [3.05, 3.63) is 29.8 Å². The molecule has 0 atom stereocenters. The summed E-state index contributed by atoms with van der Waals surface area (Å²) in [6, 6.07) is 5.52. The van der Waals surface area contributed by atoms with Crippen LogP contribution in [0.1, 0.15) is 12.0 Å². The molecule has 0 aliphatic heterocycles. The number of rotatable bonds is 6.